The average Bonchev–Trinajstić information content (AvgIpc) is 2.38. The van der Waals surface area contributed by atoms with Gasteiger partial charge in [0.25, 0.3) is 0 Å². The van der Waals surface area contributed by atoms with Gasteiger partial charge < -0.3 is 5.32 Å². The van der Waals surface area contributed by atoms with E-state index < -0.39 is 16.1 Å². The molecule has 1 saturated heterocycles. The number of amides is 1. The van der Waals surface area contributed by atoms with E-state index in [1.54, 1.807) is 18.2 Å². The summed E-state index contributed by atoms with van der Waals surface area (Å²) >= 11 is 0. The molecular weight excluding hydrogens is 276 g/mol. The standard InChI is InChI=1S/C14H20N2O3S/c1-10(2)13-14(17)15-7-8-16(13)20(18,19)12-6-4-5-11(3)9-12/h4-6,9-10,13H,7-8H2,1-3H3,(H,15,17). The molecule has 1 amide bonds. The highest BCUT2D eigenvalue weighted by Gasteiger charge is 2.39. The van der Waals surface area contributed by atoms with Crippen molar-refractivity contribution in [2.24, 2.45) is 5.92 Å². The van der Waals surface area contributed by atoms with Crippen LogP contribution in [0, 0.1) is 12.8 Å². The predicted octanol–water partition coefficient (Wildman–Crippen LogP) is 1.14. The lowest BCUT2D eigenvalue weighted by molar-refractivity contribution is -0.128. The van der Waals surface area contributed by atoms with E-state index in [1.807, 2.05) is 26.8 Å². The number of hydrogen-bond acceptors (Lipinski definition) is 3. The Kier molecular flexibility index (Phi) is 4.15. The second kappa shape index (κ2) is 5.54. The summed E-state index contributed by atoms with van der Waals surface area (Å²) in [4.78, 5) is 12.2. The van der Waals surface area contributed by atoms with E-state index in [2.05, 4.69) is 5.32 Å². The summed E-state index contributed by atoms with van der Waals surface area (Å²) in [5, 5.41) is 2.73. The summed E-state index contributed by atoms with van der Waals surface area (Å²) in [7, 11) is -3.64. The van der Waals surface area contributed by atoms with E-state index in [-0.39, 0.29) is 16.7 Å². The normalized spacial score (nSPS) is 21.0. The van der Waals surface area contributed by atoms with Crippen molar-refractivity contribution < 1.29 is 13.2 Å². The average molecular weight is 296 g/mol. The Bertz CT molecular complexity index is 611. The Morgan fingerprint density at radius 2 is 2.05 bits per heavy atom. The van der Waals surface area contributed by atoms with E-state index in [0.29, 0.717) is 13.1 Å². The maximum atomic E-state index is 12.7. The van der Waals surface area contributed by atoms with Crippen LogP contribution < -0.4 is 5.32 Å². The third-order valence-corrected chi connectivity index (χ3v) is 5.31. The minimum Gasteiger partial charge on any atom is -0.353 e. The number of carbonyl (C=O) groups excluding carboxylic acids is 1. The molecule has 0 radical (unpaired) electrons. The molecular formula is C14H20N2O3S. The molecule has 2 rings (SSSR count). The number of benzene rings is 1. The molecule has 0 aromatic heterocycles. The highest BCUT2D eigenvalue weighted by Crippen LogP contribution is 2.24. The Labute approximate surface area is 120 Å². The summed E-state index contributed by atoms with van der Waals surface area (Å²) in [6.45, 7) is 6.22. The summed E-state index contributed by atoms with van der Waals surface area (Å²) in [6.07, 6.45) is 0. The van der Waals surface area contributed by atoms with Gasteiger partial charge in [0.1, 0.15) is 6.04 Å². The van der Waals surface area contributed by atoms with Crippen LogP contribution in [0.25, 0.3) is 0 Å². The predicted molar refractivity (Wildman–Crippen MR) is 76.7 cm³/mol. The van der Waals surface area contributed by atoms with Gasteiger partial charge in [-0.2, -0.15) is 4.31 Å². The molecule has 1 unspecified atom stereocenters. The summed E-state index contributed by atoms with van der Waals surface area (Å²) in [5.41, 5.74) is 0.883. The monoisotopic (exact) mass is 296 g/mol. The first-order chi connectivity index (χ1) is 9.34. The van der Waals surface area contributed by atoms with Crippen molar-refractivity contribution in [2.75, 3.05) is 13.1 Å². The van der Waals surface area contributed by atoms with Crippen LogP contribution in [0.4, 0.5) is 0 Å². The number of aryl methyl sites for hydroxylation is 1. The van der Waals surface area contributed by atoms with Crippen molar-refractivity contribution in [3.05, 3.63) is 29.8 Å². The Morgan fingerprint density at radius 1 is 1.35 bits per heavy atom. The van der Waals surface area contributed by atoms with Crippen LogP contribution in [0.5, 0.6) is 0 Å². The molecule has 0 aliphatic carbocycles. The van der Waals surface area contributed by atoms with Gasteiger partial charge in [0.2, 0.25) is 15.9 Å². The van der Waals surface area contributed by atoms with E-state index in [0.717, 1.165) is 5.56 Å². The zero-order chi connectivity index (χ0) is 14.9. The first-order valence-electron chi connectivity index (χ1n) is 6.70. The Balaban J connectivity index is 2.44. The van der Waals surface area contributed by atoms with Gasteiger partial charge in [-0.1, -0.05) is 26.0 Å². The lowest BCUT2D eigenvalue weighted by Crippen LogP contribution is -2.58. The van der Waals surface area contributed by atoms with Gasteiger partial charge in [-0.3, -0.25) is 4.79 Å². The van der Waals surface area contributed by atoms with Gasteiger partial charge in [0.05, 0.1) is 4.90 Å². The number of sulfonamides is 1. The van der Waals surface area contributed by atoms with Crippen molar-refractivity contribution in [2.45, 2.75) is 31.7 Å². The molecule has 20 heavy (non-hydrogen) atoms. The maximum Gasteiger partial charge on any atom is 0.243 e. The van der Waals surface area contributed by atoms with Crippen molar-refractivity contribution in [3.63, 3.8) is 0 Å². The first kappa shape index (κ1) is 15.0. The fourth-order valence-electron chi connectivity index (χ4n) is 2.48. The van der Waals surface area contributed by atoms with Crippen molar-refractivity contribution in [3.8, 4) is 0 Å². The smallest absolute Gasteiger partial charge is 0.243 e. The van der Waals surface area contributed by atoms with E-state index in [1.165, 1.54) is 4.31 Å². The Morgan fingerprint density at radius 3 is 2.65 bits per heavy atom. The fourth-order valence-corrected chi connectivity index (χ4v) is 4.31. The zero-order valence-corrected chi connectivity index (χ0v) is 12.8. The quantitative estimate of drug-likeness (QED) is 0.909. The second-order valence-electron chi connectivity index (χ2n) is 5.41. The molecule has 6 heteroatoms. The molecule has 1 aromatic carbocycles. The number of piperazine rings is 1. The third-order valence-electron chi connectivity index (χ3n) is 3.44. The molecule has 1 N–H and O–H groups in total. The molecule has 1 aromatic rings. The molecule has 0 saturated carbocycles. The maximum absolute atomic E-state index is 12.7. The first-order valence-corrected chi connectivity index (χ1v) is 8.14. The number of nitrogens with zero attached hydrogens (tertiary/aromatic N) is 1. The van der Waals surface area contributed by atoms with Crippen LogP contribution in [0.2, 0.25) is 0 Å². The van der Waals surface area contributed by atoms with Crippen LogP contribution in [-0.2, 0) is 14.8 Å². The van der Waals surface area contributed by atoms with Crippen LogP contribution in [0.15, 0.2) is 29.2 Å². The number of hydrogen-bond donors (Lipinski definition) is 1. The molecule has 1 heterocycles. The van der Waals surface area contributed by atoms with Gasteiger partial charge in [0.15, 0.2) is 0 Å². The summed E-state index contributed by atoms with van der Waals surface area (Å²) < 4.78 is 26.8. The van der Waals surface area contributed by atoms with Gasteiger partial charge in [-0.05, 0) is 30.5 Å². The summed E-state index contributed by atoms with van der Waals surface area (Å²) in [5.74, 6) is -0.294. The Hall–Kier alpha value is -1.40. The molecule has 110 valence electrons. The number of rotatable bonds is 3. The minimum absolute atomic E-state index is 0.0742. The van der Waals surface area contributed by atoms with E-state index in [9.17, 15) is 13.2 Å². The van der Waals surface area contributed by atoms with Crippen molar-refractivity contribution in [1.82, 2.24) is 9.62 Å². The topological polar surface area (TPSA) is 66.5 Å². The molecule has 1 atom stereocenters. The van der Waals surface area contributed by atoms with Gasteiger partial charge >= 0.3 is 0 Å². The molecule has 1 aliphatic heterocycles. The SMILES string of the molecule is Cc1cccc(S(=O)(=O)N2CCNC(=O)C2C(C)C)c1. The fraction of sp³-hybridized carbons (Fsp3) is 0.500. The van der Waals surface area contributed by atoms with E-state index in [4.69, 9.17) is 0 Å². The van der Waals surface area contributed by atoms with Crippen LogP contribution in [-0.4, -0.2) is 37.8 Å². The summed E-state index contributed by atoms with van der Waals surface area (Å²) in [6, 6.07) is 6.14. The highest BCUT2D eigenvalue weighted by atomic mass is 32.2. The number of nitrogens with one attached hydrogen (secondary N) is 1. The lowest BCUT2D eigenvalue weighted by Gasteiger charge is -2.36. The minimum atomic E-state index is -3.64. The third kappa shape index (κ3) is 2.71. The van der Waals surface area contributed by atoms with Crippen LogP contribution in [0.1, 0.15) is 19.4 Å². The van der Waals surface area contributed by atoms with Gasteiger partial charge in [0, 0.05) is 13.1 Å². The number of carbonyl (C=O) groups is 1. The molecule has 1 aliphatic rings. The zero-order valence-electron chi connectivity index (χ0n) is 12.0. The second-order valence-corrected chi connectivity index (χ2v) is 7.30. The highest BCUT2D eigenvalue weighted by molar-refractivity contribution is 7.89. The largest absolute Gasteiger partial charge is 0.353 e. The molecule has 1 fully saturated rings. The van der Waals surface area contributed by atoms with Gasteiger partial charge in [-0.25, -0.2) is 8.42 Å². The lowest BCUT2D eigenvalue weighted by atomic mass is 10.0. The van der Waals surface area contributed by atoms with Crippen molar-refractivity contribution in [1.29, 1.82) is 0 Å². The molecule has 5 nitrogen and oxygen atoms in total. The molecule has 0 spiro atoms. The molecule has 0 bridgehead atoms. The van der Waals surface area contributed by atoms with E-state index >= 15 is 0 Å². The van der Waals surface area contributed by atoms with Gasteiger partial charge in [-0.15, -0.1) is 0 Å². The van der Waals surface area contributed by atoms with Crippen LogP contribution in [0.3, 0.4) is 0 Å². The van der Waals surface area contributed by atoms with Crippen molar-refractivity contribution >= 4 is 15.9 Å². The van der Waals surface area contributed by atoms with Crippen LogP contribution >= 0.6 is 0 Å².